The van der Waals surface area contributed by atoms with Crippen LogP contribution in [-0.4, -0.2) is 11.4 Å². The minimum Gasteiger partial charge on any atom is -0.291 e. The van der Waals surface area contributed by atoms with Crippen molar-refractivity contribution in [3.63, 3.8) is 0 Å². The molecule has 0 spiro atoms. The van der Waals surface area contributed by atoms with Crippen LogP contribution in [0.1, 0.15) is 29.3 Å². The summed E-state index contributed by atoms with van der Waals surface area (Å²) in [5.41, 5.74) is 0.806. The predicted molar refractivity (Wildman–Crippen MR) is 73.1 cm³/mol. The highest BCUT2D eigenvalue weighted by Crippen LogP contribution is 2.35. The molecule has 0 N–H and O–H groups in total. The summed E-state index contributed by atoms with van der Waals surface area (Å²) in [7, 11) is 0. The summed E-state index contributed by atoms with van der Waals surface area (Å²) in [6, 6.07) is 11.9. The van der Waals surface area contributed by atoms with E-state index in [1.54, 1.807) is 23.5 Å². The Morgan fingerprint density at radius 2 is 2.11 bits per heavy atom. The first kappa shape index (κ1) is 11.9. The van der Waals surface area contributed by atoms with Crippen molar-refractivity contribution in [2.24, 2.45) is 0 Å². The average Bonchev–Trinajstić information content (AvgIpc) is 3.02. The van der Waals surface area contributed by atoms with Crippen LogP contribution in [0.2, 0.25) is 0 Å². The maximum atomic E-state index is 13.7. The third-order valence-electron chi connectivity index (χ3n) is 3.57. The van der Waals surface area contributed by atoms with Gasteiger partial charge in [0.1, 0.15) is 5.82 Å². The second-order valence-corrected chi connectivity index (χ2v) is 5.71. The van der Waals surface area contributed by atoms with E-state index in [-0.39, 0.29) is 5.82 Å². The molecule has 0 aliphatic carbocycles. The summed E-state index contributed by atoms with van der Waals surface area (Å²) in [4.78, 5) is 3.80. The van der Waals surface area contributed by atoms with Gasteiger partial charge in [0.2, 0.25) is 0 Å². The maximum absolute atomic E-state index is 13.7. The van der Waals surface area contributed by atoms with Crippen molar-refractivity contribution in [3.05, 3.63) is 58.0 Å². The molecule has 1 fully saturated rings. The lowest BCUT2D eigenvalue weighted by atomic mass is 10.1. The summed E-state index contributed by atoms with van der Waals surface area (Å²) in [5.74, 6) is -0.0886. The zero-order chi connectivity index (χ0) is 12.4. The fraction of sp³-hybridized carbons (Fsp3) is 0.333. The van der Waals surface area contributed by atoms with Crippen LogP contribution in [0.15, 0.2) is 41.8 Å². The lowest BCUT2D eigenvalue weighted by Gasteiger charge is -2.23. The Balaban J connectivity index is 1.78. The summed E-state index contributed by atoms with van der Waals surface area (Å²) in [5, 5.41) is 2.12. The number of rotatable bonds is 3. The first-order valence-electron chi connectivity index (χ1n) is 6.35. The molecule has 1 aromatic carbocycles. The van der Waals surface area contributed by atoms with Gasteiger partial charge in [-0.05, 0) is 36.9 Å². The SMILES string of the molecule is Fc1ccccc1CN1CCCC1c1cccs1. The van der Waals surface area contributed by atoms with Gasteiger partial charge < -0.3 is 0 Å². The second-order valence-electron chi connectivity index (χ2n) is 4.74. The highest BCUT2D eigenvalue weighted by Gasteiger charge is 2.27. The van der Waals surface area contributed by atoms with E-state index in [0.717, 1.165) is 18.7 Å². The monoisotopic (exact) mass is 261 g/mol. The molecule has 1 unspecified atom stereocenters. The third-order valence-corrected chi connectivity index (χ3v) is 4.54. The van der Waals surface area contributed by atoms with Crippen LogP contribution in [0.4, 0.5) is 4.39 Å². The van der Waals surface area contributed by atoms with Crippen molar-refractivity contribution >= 4 is 11.3 Å². The summed E-state index contributed by atoms with van der Waals surface area (Å²) < 4.78 is 13.7. The fourth-order valence-corrected chi connectivity index (χ4v) is 3.56. The Hall–Kier alpha value is -1.19. The Morgan fingerprint density at radius 1 is 1.22 bits per heavy atom. The number of benzene rings is 1. The normalized spacial score (nSPS) is 20.4. The average molecular weight is 261 g/mol. The molecule has 0 saturated carbocycles. The van der Waals surface area contributed by atoms with Crippen LogP contribution >= 0.6 is 11.3 Å². The fourth-order valence-electron chi connectivity index (χ4n) is 2.66. The molecule has 3 heteroatoms. The molecule has 0 bridgehead atoms. The highest BCUT2D eigenvalue weighted by atomic mass is 32.1. The number of halogens is 1. The van der Waals surface area contributed by atoms with Gasteiger partial charge in [0.25, 0.3) is 0 Å². The van der Waals surface area contributed by atoms with Gasteiger partial charge in [0.05, 0.1) is 0 Å². The first-order valence-corrected chi connectivity index (χ1v) is 7.23. The minimum absolute atomic E-state index is 0.0886. The second kappa shape index (κ2) is 5.21. The topological polar surface area (TPSA) is 3.24 Å². The Morgan fingerprint density at radius 3 is 2.89 bits per heavy atom. The quantitative estimate of drug-likeness (QED) is 0.799. The van der Waals surface area contributed by atoms with Crippen molar-refractivity contribution in [2.45, 2.75) is 25.4 Å². The molecular weight excluding hydrogens is 245 g/mol. The first-order chi connectivity index (χ1) is 8.84. The molecule has 1 aliphatic rings. The number of hydrogen-bond acceptors (Lipinski definition) is 2. The Bertz CT molecular complexity index is 509. The van der Waals surface area contributed by atoms with Crippen molar-refractivity contribution < 1.29 is 4.39 Å². The molecule has 2 aromatic rings. The van der Waals surface area contributed by atoms with Crippen molar-refractivity contribution in [2.75, 3.05) is 6.54 Å². The zero-order valence-corrected chi connectivity index (χ0v) is 11.0. The minimum atomic E-state index is -0.0886. The maximum Gasteiger partial charge on any atom is 0.127 e. The molecular formula is C15H16FNS. The number of hydrogen-bond donors (Lipinski definition) is 0. The number of thiophene rings is 1. The van der Waals surface area contributed by atoms with E-state index >= 15 is 0 Å². The zero-order valence-electron chi connectivity index (χ0n) is 10.2. The number of nitrogens with zero attached hydrogens (tertiary/aromatic N) is 1. The van der Waals surface area contributed by atoms with Crippen molar-refractivity contribution in [1.82, 2.24) is 4.90 Å². The van der Waals surface area contributed by atoms with E-state index in [1.165, 1.54) is 17.7 Å². The van der Waals surface area contributed by atoms with E-state index in [0.29, 0.717) is 6.04 Å². The predicted octanol–water partition coefficient (Wildman–Crippen LogP) is 4.22. The Labute approximate surface area is 111 Å². The third kappa shape index (κ3) is 2.33. The van der Waals surface area contributed by atoms with Crippen LogP contribution in [0, 0.1) is 5.82 Å². The lowest BCUT2D eigenvalue weighted by molar-refractivity contribution is 0.248. The van der Waals surface area contributed by atoms with Crippen LogP contribution < -0.4 is 0 Å². The van der Waals surface area contributed by atoms with Gasteiger partial charge in [0, 0.05) is 23.0 Å². The van der Waals surface area contributed by atoms with Gasteiger partial charge in [-0.2, -0.15) is 0 Å². The Kier molecular flexibility index (Phi) is 3.43. The molecule has 3 rings (SSSR count). The molecule has 1 aliphatic heterocycles. The standard InChI is InChI=1S/C15H16FNS/c16-13-6-2-1-5-12(13)11-17-9-3-7-14(17)15-8-4-10-18-15/h1-2,4-6,8,10,14H,3,7,9,11H2. The summed E-state index contributed by atoms with van der Waals surface area (Å²) in [6.45, 7) is 1.78. The van der Waals surface area contributed by atoms with E-state index < -0.39 is 0 Å². The van der Waals surface area contributed by atoms with Gasteiger partial charge in [-0.3, -0.25) is 4.90 Å². The molecule has 0 radical (unpaired) electrons. The molecule has 94 valence electrons. The van der Waals surface area contributed by atoms with E-state index in [1.807, 2.05) is 12.1 Å². The van der Waals surface area contributed by atoms with Gasteiger partial charge in [-0.15, -0.1) is 11.3 Å². The van der Waals surface area contributed by atoms with Crippen LogP contribution in [0.25, 0.3) is 0 Å². The van der Waals surface area contributed by atoms with Crippen molar-refractivity contribution in [3.8, 4) is 0 Å². The number of likely N-dealkylation sites (tertiary alicyclic amines) is 1. The molecule has 1 nitrogen and oxygen atoms in total. The van der Waals surface area contributed by atoms with Gasteiger partial charge in [0.15, 0.2) is 0 Å². The highest BCUT2D eigenvalue weighted by molar-refractivity contribution is 7.10. The molecule has 2 heterocycles. The van der Waals surface area contributed by atoms with Gasteiger partial charge in [-0.1, -0.05) is 24.3 Å². The molecule has 1 atom stereocenters. The molecule has 1 saturated heterocycles. The van der Waals surface area contributed by atoms with E-state index in [4.69, 9.17) is 0 Å². The van der Waals surface area contributed by atoms with E-state index in [2.05, 4.69) is 22.4 Å². The van der Waals surface area contributed by atoms with Crippen LogP contribution in [-0.2, 0) is 6.54 Å². The van der Waals surface area contributed by atoms with E-state index in [9.17, 15) is 4.39 Å². The summed E-state index contributed by atoms with van der Waals surface area (Å²) in [6.07, 6.45) is 2.39. The molecule has 18 heavy (non-hydrogen) atoms. The van der Waals surface area contributed by atoms with Crippen LogP contribution in [0.5, 0.6) is 0 Å². The molecule has 1 aromatic heterocycles. The van der Waals surface area contributed by atoms with Gasteiger partial charge >= 0.3 is 0 Å². The van der Waals surface area contributed by atoms with Crippen LogP contribution in [0.3, 0.4) is 0 Å². The molecule has 0 amide bonds. The van der Waals surface area contributed by atoms with Crippen molar-refractivity contribution in [1.29, 1.82) is 0 Å². The smallest absolute Gasteiger partial charge is 0.127 e. The largest absolute Gasteiger partial charge is 0.291 e. The lowest BCUT2D eigenvalue weighted by Crippen LogP contribution is -2.22. The summed E-state index contributed by atoms with van der Waals surface area (Å²) >= 11 is 1.80. The van der Waals surface area contributed by atoms with Gasteiger partial charge in [-0.25, -0.2) is 4.39 Å².